The van der Waals surface area contributed by atoms with Crippen molar-refractivity contribution in [1.29, 1.82) is 0 Å². The van der Waals surface area contributed by atoms with E-state index in [4.69, 9.17) is 9.47 Å². The SMILES string of the molecule is O=C(Nc1ccc(CCN2CCOCC2)cc1)c1cccc(S(=O)(=O)NCC2CCCO2)c1. The first-order chi connectivity index (χ1) is 16.0. The topological polar surface area (TPSA) is 97.0 Å². The lowest BCUT2D eigenvalue weighted by molar-refractivity contribution is 0.0384. The molecule has 8 nitrogen and oxygen atoms in total. The van der Waals surface area contributed by atoms with E-state index in [1.165, 1.54) is 17.7 Å². The Morgan fingerprint density at radius 2 is 1.85 bits per heavy atom. The summed E-state index contributed by atoms with van der Waals surface area (Å²) in [6, 6.07) is 13.8. The van der Waals surface area contributed by atoms with Crippen molar-refractivity contribution in [3.63, 3.8) is 0 Å². The van der Waals surface area contributed by atoms with Gasteiger partial charge in [0.25, 0.3) is 5.91 Å². The summed E-state index contributed by atoms with van der Waals surface area (Å²) in [5.41, 5.74) is 2.15. The first-order valence-corrected chi connectivity index (χ1v) is 12.9. The molecule has 0 aromatic heterocycles. The molecular formula is C24H31N3O5S. The molecule has 1 unspecified atom stereocenters. The fraction of sp³-hybridized carbons (Fsp3) is 0.458. The predicted octanol–water partition coefficient (Wildman–Crippen LogP) is 2.27. The third-order valence-electron chi connectivity index (χ3n) is 5.96. The summed E-state index contributed by atoms with van der Waals surface area (Å²) in [7, 11) is -3.72. The fourth-order valence-electron chi connectivity index (χ4n) is 3.97. The Morgan fingerprint density at radius 3 is 2.58 bits per heavy atom. The molecule has 0 radical (unpaired) electrons. The molecule has 2 saturated heterocycles. The largest absolute Gasteiger partial charge is 0.379 e. The van der Waals surface area contributed by atoms with Crippen molar-refractivity contribution in [2.45, 2.75) is 30.3 Å². The zero-order chi connectivity index (χ0) is 23.1. The second-order valence-electron chi connectivity index (χ2n) is 8.37. The number of ether oxygens (including phenoxy) is 2. The number of hydrogen-bond acceptors (Lipinski definition) is 6. The Morgan fingerprint density at radius 1 is 1.06 bits per heavy atom. The van der Waals surface area contributed by atoms with Crippen LogP contribution in [0.25, 0.3) is 0 Å². The summed E-state index contributed by atoms with van der Waals surface area (Å²) < 4.78 is 38.7. The standard InChI is InChI=1S/C24H31N3O5S/c28-24(26-21-8-6-19(7-9-21)10-11-27-12-15-31-16-13-27)20-3-1-5-23(17-20)33(29,30)25-18-22-4-2-14-32-22/h1,3,5-9,17,22,25H,2,4,10-16,18H2,(H,26,28). The predicted molar refractivity (Wildman–Crippen MR) is 126 cm³/mol. The molecule has 178 valence electrons. The van der Waals surface area contributed by atoms with Gasteiger partial charge in [-0.25, -0.2) is 13.1 Å². The minimum absolute atomic E-state index is 0.0617. The number of rotatable bonds is 9. The van der Waals surface area contributed by atoms with Gasteiger partial charge in [-0.2, -0.15) is 0 Å². The van der Waals surface area contributed by atoms with Crippen LogP contribution < -0.4 is 10.0 Å². The van der Waals surface area contributed by atoms with Gasteiger partial charge in [0.05, 0.1) is 24.2 Å². The lowest BCUT2D eigenvalue weighted by Crippen LogP contribution is -2.37. The summed E-state index contributed by atoms with van der Waals surface area (Å²) >= 11 is 0. The molecule has 9 heteroatoms. The van der Waals surface area contributed by atoms with E-state index in [0.717, 1.165) is 52.1 Å². The normalized spacial score (nSPS) is 19.5. The molecule has 0 aliphatic carbocycles. The molecule has 2 aliphatic rings. The molecule has 1 amide bonds. The van der Waals surface area contributed by atoms with Crippen LogP contribution in [0.3, 0.4) is 0 Å². The molecule has 2 N–H and O–H groups in total. The van der Waals surface area contributed by atoms with E-state index in [-0.39, 0.29) is 29.0 Å². The molecule has 0 saturated carbocycles. The number of carbonyl (C=O) groups excluding carboxylic acids is 1. The summed E-state index contributed by atoms with van der Waals surface area (Å²) in [6.45, 7) is 5.39. The Hall–Kier alpha value is -2.30. The van der Waals surface area contributed by atoms with Crippen molar-refractivity contribution < 1.29 is 22.7 Å². The smallest absolute Gasteiger partial charge is 0.255 e. The quantitative estimate of drug-likeness (QED) is 0.580. The van der Waals surface area contributed by atoms with Crippen LogP contribution in [-0.2, 0) is 25.9 Å². The number of amides is 1. The minimum atomic E-state index is -3.72. The van der Waals surface area contributed by atoms with Gasteiger partial charge in [0.1, 0.15) is 0 Å². The highest BCUT2D eigenvalue weighted by Gasteiger charge is 2.21. The van der Waals surface area contributed by atoms with Gasteiger partial charge < -0.3 is 14.8 Å². The third-order valence-corrected chi connectivity index (χ3v) is 7.38. The highest BCUT2D eigenvalue weighted by atomic mass is 32.2. The maximum atomic E-state index is 12.7. The van der Waals surface area contributed by atoms with Crippen LogP contribution in [0.4, 0.5) is 5.69 Å². The average Bonchev–Trinajstić information content (AvgIpc) is 3.37. The number of sulfonamides is 1. The maximum absolute atomic E-state index is 12.7. The van der Waals surface area contributed by atoms with E-state index in [9.17, 15) is 13.2 Å². The third kappa shape index (κ3) is 6.84. The Bertz CT molecular complexity index is 1030. The lowest BCUT2D eigenvalue weighted by atomic mass is 10.1. The second-order valence-corrected chi connectivity index (χ2v) is 10.1. The van der Waals surface area contributed by atoms with Gasteiger partial charge in [0, 0.05) is 44.0 Å². The second kappa shape index (κ2) is 11.2. The Balaban J connectivity index is 1.32. The van der Waals surface area contributed by atoms with E-state index >= 15 is 0 Å². The van der Waals surface area contributed by atoms with E-state index in [2.05, 4.69) is 14.9 Å². The summed E-state index contributed by atoms with van der Waals surface area (Å²) in [5, 5.41) is 2.85. The Kier molecular flexibility index (Phi) is 8.11. The number of morpholine rings is 1. The van der Waals surface area contributed by atoms with E-state index < -0.39 is 10.0 Å². The van der Waals surface area contributed by atoms with Gasteiger partial charge in [-0.1, -0.05) is 18.2 Å². The van der Waals surface area contributed by atoms with Crippen molar-refractivity contribution in [3.8, 4) is 0 Å². The zero-order valence-corrected chi connectivity index (χ0v) is 19.5. The number of nitrogens with zero attached hydrogens (tertiary/aromatic N) is 1. The average molecular weight is 474 g/mol. The highest BCUT2D eigenvalue weighted by Crippen LogP contribution is 2.17. The molecule has 2 aliphatic heterocycles. The summed E-state index contributed by atoms with van der Waals surface area (Å²) in [6.07, 6.45) is 2.63. The summed E-state index contributed by atoms with van der Waals surface area (Å²) in [4.78, 5) is 15.2. The van der Waals surface area contributed by atoms with Crippen LogP contribution in [0.1, 0.15) is 28.8 Å². The van der Waals surface area contributed by atoms with Gasteiger partial charge in [0.2, 0.25) is 10.0 Å². The molecule has 2 aromatic rings. The van der Waals surface area contributed by atoms with Crippen LogP contribution in [0.15, 0.2) is 53.4 Å². The maximum Gasteiger partial charge on any atom is 0.255 e. The lowest BCUT2D eigenvalue weighted by Gasteiger charge is -2.26. The molecule has 0 spiro atoms. The van der Waals surface area contributed by atoms with Gasteiger partial charge in [0.15, 0.2) is 0 Å². The molecule has 33 heavy (non-hydrogen) atoms. The highest BCUT2D eigenvalue weighted by molar-refractivity contribution is 7.89. The first-order valence-electron chi connectivity index (χ1n) is 11.4. The first kappa shape index (κ1) is 23.8. The van der Waals surface area contributed by atoms with Crippen molar-refractivity contribution in [1.82, 2.24) is 9.62 Å². The van der Waals surface area contributed by atoms with Gasteiger partial charge in [-0.3, -0.25) is 9.69 Å². The van der Waals surface area contributed by atoms with Crippen LogP contribution >= 0.6 is 0 Å². The molecule has 0 bridgehead atoms. The molecule has 4 rings (SSSR count). The van der Waals surface area contributed by atoms with Crippen molar-refractivity contribution in [2.24, 2.45) is 0 Å². The van der Waals surface area contributed by atoms with Gasteiger partial charge in [-0.05, 0) is 55.2 Å². The van der Waals surface area contributed by atoms with Gasteiger partial charge >= 0.3 is 0 Å². The van der Waals surface area contributed by atoms with Crippen molar-refractivity contribution >= 4 is 21.6 Å². The molecule has 1 atom stereocenters. The van der Waals surface area contributed by atoms with E-state index in [1.807, 2.05) is 24.3 Å². The zero-order valence-electron chi connectivity index (χ0n) is 18.7. The van der Waals surface area contributed by atoms with Crippen LogP contribution in [-0.4, -0.2) is 71.3 Å². The van der Waals surface area contributed by atoms with Crippen LogP contribution in [0, 0.1) is 0 Å². The number of hydrogen-bond donors (Lipinski definition) is 2. The number of anilines is 1. The van der Waals surface area contributed by atoms with E-state index in [0.29, 0.717) is 12.3 Å². The number of benzene rings is 2. The van der Waals surface area contributed by atoms with Gasteiger partial charge in [-0.15, -0.1) is 0 Å². The van der Waals surface area contributed by atoms with E-state index in [1.54, 1.807) is 12.1 Å². The molecular weight excluding hydrogens is 442 g/mol. The monoisotopic (exact) mass is 473 g/mol. The fourth-order valence-corrected chi connectivity index (χ4v) is 5.08. The van der Waals surface area contributed by atoms with Crippen molar-refractivity contribution in [2.75, 3.05) is 51.3 Å². The molecule has 2 heterocycles. The van der Waals surface area contributed by atoms with Crippen LogP contribution in [0.2, 0.25) is 0 Å². The molecule has 2 aromatic carbocycles. The van der Waals surface area contributed by atoms with Crippen molar-refractivity contribution in [3.05, 3.63) is 59.7 Å². The number of nitrogens with one attached hydrogen (secondary N) is 2. The number of carbonyl (C=O) groups is 1. The molecule has 2 fully saturated rings. The Labute approximate surface area is 195 Å². The summed E-state index contributed by atoms with van der Waals surface area (Å²) in [5.74, 6) is -0.354. The van der Waals surface area contributed by atoms with Crippen LogP contribution in [0.5, 0.6) is 0 Å². The minimum Gasteiger partial charge on any atom is -0.379 e.